The molecule has 5 nitrogen and oxygen atoms in total. The van der Waals surface area contributed by atoms with Crippen LogP contribution < -0.4 is 5.32 Å². The quantitative estimate of drug-likeness (QED) is 0.891. The van der Waals surface area contributed by atoms with Gasteiger partial charge in [0, 0.05) is 26.2 Å². The molecule has 2 aliphatic rings. The molecule has 5 heteroatoms. The number of carbonyl (C=O) groups excluding carboxylic acids is 1. The number of hydrogen-bond acceptors (Lipinski definition) is 3. The first kappa shape index (κ1) is 18.2. The molecule has 0 saturated carbocycles. The van der Waals surface area contributed by atoms with Crippen molar-refractivity contribution >= 4 is 6.03 Å². The molecule has 1 aromatic rings. The molecule has 2 fully saturated rings. The molecule has 2 atom stereocenters. The van der Waals surface area contributed by atoms with Gasteiger partial charge in [0.05, 0.1) is 12.7 Å². The lowest BCUT2D eigenvalue weighted by atomic mass is 9.98. The minimum Gasteiger partial charge on any atom is -0.375 e. The maximum atomic E-state index is 12.5. The molecule has 1 aromatic carbocycles. The van der Waals surface area contributed by atoms with E-state index in [1.54, 1.807) is 0 Å². The number of likely N-dealkylation sites (tertiary alicyclic amines) is 1. The lowest BCUT2D eigenvalue weighted by Crippen LogP contribution is -2.51. The molecular formula is C20H31N3O2. The van der Waals surface area contributed by atoms with Gasteiger partial charge in [-0.15, -0.1) is 0 Å². The fourth-order valence-electron chi connectivity index (χ4n) is 3.83. The van der Waals surface area contributed by atoms with Crippen LogP contribution in [0.5, 0.6) is 0 Å². The highest BCUT2D eigenvalue weighted by Crippen LogP contribution is 2.15. The average molecular weight is 345 g/mol. The summed E-state index contributed by atoms with van der Waals surface area (Å²) in [6.07, 6.45) is 4.54. The van der Waals surface area contributed by atoms with Crippen LogP contribution in [-0.4, -0.2) is 68.3 Å². The Bertz CT molecular complexity index is 537. The summed E-state index contributed by atoms with van der Waals surface area (Å²) in [6, 6.07) is 10.5. The van der Waals surface area contributed by atoms with Crippen molar-refractivity contribution in [3.63, 3.8) is 0 Å². The van der Waals surface area contributed by atoms with Crippen molar-refractivity contribution < 1.29 is 9.53 Å². The van der Waals surface area contributed by atoms with E-state index in [9.17, 15) is 4.79 Å². The van der Waals surface area contributed by atoms with E-state index in [-0.39, 0.29) is 12.1 Å². The van der Waals surface area contributed by atoms with Crippen LogP contribution in [-0.2, 0) is 11.2 Å². The fourth-order valence-corrected chi connectivity index (χ4v) is 3.83. The molecule has 2 heterocycles. The lowest BCUT2D eigenvalue weighted by molar-refractivity contribution is -0.0177. The van der Waals surface area contributed by atoms with Gasteiger partial charge < -0.3 is 19.9 Å². The van der Waals surface area contributed by atoms with Crippen molar-refractivity contribution in [1.29, 1.82) is 0 Å². The summed E-state index contributed by atoms with van der Waals surface area (Å²) in [5, 5.41) is 3.14. The monoisotopic (exact) mass is 345 g/mol. The Labute approximate surface area is 151 Å². The van der Waals surface area contributed by atoms with Crippen molar-refractivity contribution in [2.24, 2.45) is 5.92 Å². The summed E-state index contributed by atoms with van der Waals surface area (Å²) in [6.45, 7) is 5.08. The number of hydrogen-bond donors (Lipinski definition) is 1. The third-order valence-electron chi connectivity index (χ3n) is 5.29. The van der Waals surface area contributed by atoms with Crippen LogP contribution in [0.2, 0.25) is 0 Å². The summed E-state index contributed by atoms with van der Waals surface area (Å²) in [4.78, 5) is 16.8. The van der Waals surface area contributed by atoms with Gasteiger partial charge in [0.15, 0.2) is 0 Å². The minimum atomic E-state index is 0.0706. The maximum absolute atomic E-state index is 12.5. The molecule has 0 aliphatic carbocycles. The molecule has 138 valence electrons. The van der Waals surface area contributed by atoms with Gasteiger partial charge in [-0.1, -0.05) is 30.3 Å². The van der Waals surface area contributed by atoms with Crippen LogP contribution in [0.25, 0.3) is 0 Å². The molecule has 2 unspecified atom stereocenters. The van der Waals surface area contributed by atoms with E-state index in [1.165, 1.54) is 24.9 Å². The number of amides is 2. The van der Waals surface area contributed by atoms with Gasteiger partial charge in [-0.2, -0.15) is 0 Å². The molecule has 2 saturated heterocycles. The van der Waals surface area contributed by atoms with Gasteiger partial charge in [-0.25, -0.2) is 4.79 Å². The van der Waals surface area contributed by atoms with Crippen LogP contribution >= 0.6 is 0 Å². The number of aryl methyl sites for hydroxylation is 1. The molecule has 2 amide bonds. The lowest BCUT2D eigenvalue weighted by Gasteiger charge is -2.34. The van der Waals surface area contributed by atoms with Crippen LogP contribution in [0.1, 0.15) is 24.8 Å². The van der Waals surface area contributed by atoms with Crippen LogP contribution in [0.3, 0.4) is 0 Å². The van der Waals surface area contributed by atoms with E-state index in [0.717, 1.165) is 25.9 Å². The largest absolute Gasteiger partial charge is 0.375 e. The standard InChI is InChI=1S/C20H31N3O2/c1-22-11-5-8-18(15-22)14-21-20(24)23-12-13-25-19(16-23)10-9-17-6-3-2-4-7-17/h2-4,6-7,18-19H,5,8-16H2,1H3,(H,21,24). The summed E-state index contributed by atoms with van der Waals surface area (Å²) < 4.78 is 5.86. The van der Waals surface area contributed by atoms with Crippen molar-refractivity contribution in [3.8, 4) is 0 Å². The Morgan fingerprint density at radius 2 is 2.08 bits per heavy atom. The summed E-state index contributed by atoms with van der Waals surface area (Å²) >= 11 is 0. The second-order valence-electron chi connectivity index (χ2n) is 7.42. The minimum absolute atomic E-state index is 0.0706. The summed E-state index contributed by atoms with van der Waals surface area (Å²) in [5.41, 5.74) is 1.33. The zero-order valence-corrected chi connectivity index (χ0v) is 15.3. The smallest absolute Gasteiger partial charge is 0.317 e. The second kappa shape index (κ2) is 9.20. The molecular weight excluding hydrogens is 314 g/mol. The highest BCUT2D eigenvalue weighted by atomic mass is 16.5. The second-order valence-corrected chi connectivity index (χ2v) is 7.42. The molecule has 0 bridgehead atoms. The number of ether oxygens (including phenoxy) is 1. The normalized spacial score (nSPS) is 24.9. The van der Waals surface area contributed by atoms with E-state index in [0.29, 0.717) is 25.6 Å². The molecule has 25 heavy (non-hydrogen) atoms. The zero-order valence-electron chi connectivity index (χ0n) is 15.3. The van der Waals surface area contributed by atoms with Gasteiger partial charge in [0.1, 0.15) is 0 Å². The molecule has 0 spiro atoms. The summed E-state index contributed by atoms with van der Waals surface area (Å²) in [7, 11) is 2.16. The first-order chi connectivity index (χ1) is 12.2. The van der Waals surface area contributed by atoms with E-state index in [4.69, 9.17) is 4.74 Å². The molecule has 2 aliphatic heterocycles. The van der Waals surface area contributed by atoms with Gasteiger partial charge in [0.25, 0.3) is 0 Å². The highest BCUT2D eigenvalue weighted by Gasteiger charge is 2.25. The first-order valence-electron chi connectivity index (χ1n) is 9.57. The predicted molar refractivity (Wildman–Crippen MR) is 99.7 cm³/mol. The van der Waals surface area contributed by atoms with E-state index >= 15 is 0 Å². The molecule has 0 radical (unpaired) electrons. The van der Waals surface area contributed by atoms with Crippen molar-refractivity contribution in [2.75, 3.05) is 46.4 Å². The SMILES string of the molecule is CN1CCCC(CNC(=O)N2CCOC(CCc3ccccc3)C2)C1. The van der Waals surface area contributed by atoms with Gasteiger partial charge in [-0.05, 0) is 50.8 Å². The number of nitrogens with one attached hydrogen (secondary N) is 1. The number of urea groups is 1. The van der Waals surface area contributed by atoms with Crippen LogP contribution in [0, 0.1) is 5.92 Å². The van der Waals surface area contributed by atoms with Crippen LogP contribution in [0.15, 0.2) is 30.3 Å². The number of rotatable bonds is 5. The van der Waals surface area contributed by atoms with Crippen molar-refractivity contribution in [1.82, 2.24) is 15.1 Å². The first-order valence-corrected chi connectivity index (χ1v) is 9.57. The Morgan fingerprint density at radius 3 is 2.88 bits per heavy atom. The zero-order chi connectivity index (χ0) is 17.5. The maximum Gasteiger partial charge on any atom is 0.317 e. The average Bonchev–Trinajstić information content (AvgIpc) is 2.65. The van der Waals surface area contributed by atoms with Gasteiger partial charge in [-0.3, -0.25) is 0 Å². The third-order valence-corrected chi connectivity index (χ3v) is 5.29. The Morgan fingerprint density at radius 1 is 1.24 bits per heavy atom. The van der Waals surface area contributed by atoms with Crippen LogP contribution in [0.4, 0.5) is 4.79 Å². The molecule has 1 N–H and O–H groups in total. The Balaban J connectivity index is 1.40. The highest BCUT2D eigenvalue weighted by molar-refractivity contribution is 5.74. The Hall–Kier alpha value is -1.59. The number of morpholine rings is 1. The van der Waals surface area contributed by atoms with E-state index in [1.807, 2.05) is 11.0 Å². The fraction of sp³-hybridized carbons (Fsp3) is 0.650. The van der Waals surface area contributed by atoms with Crippen molar-refractivity contribution in [3.05, 3.63) is 35.9 Å². The van der Waals surface area contributed by atoms with Crippen molar-refractivity contribution in [2.45, 2.75) is 31.8 Å². The number of nitrogens with zero attached hydrogens (tertiary/aromatic N) is 2. The van der Waals surface area contributed by atoms with E-state index in [2.05, 4.69) is 41.5 Å². The van der Waals surface area contributed by atoms with Gasteiger partial charge in [0.2, 0.25) is 0 Å². The predicted octanol–water partition coefficient (Wildman–Crippen LogP) is 2.37. The molecule has 0 aromatic heterocycles. The number of benzene rings is 1. The summed E-state index contributed by atoms with van der Waals surface area (Å²) in [5.74, 6) is 0.581. The Kier molecular flexibility index (Phi) is 6.70. The third kappa shape index (κ3) is 5.72. The topological polar surface area (TPSA) is 44.8 Å². The molecule has 3 rings (SSSR count). The van der Waals surface area contributed by atoms with E-state index < -0.39 is 0 Å². The van der Waals surface area contributed by atoms with Gasteiger partial charge >= 0.3 is 6.03 Å². The number of carbonyl (C=O) groups is 1. The number of piperidine rings is 1.